The van der Waals surface area contributed by atoms with Gasteiger partial charge in [-0.05, 0) is 72.9 Å². The van der Waals surface area contributed by atoms with Crippen LogP contribution in [0.4, 0.5) is 4.39 Å². The summed E-state index contributed by atoms with van der Waals surface area (Å²) in [6.07, 6.45) is 1.90. The Bertz CT molecular complexity index is 1170. The third-order valence-corrected chi connectivity index (χ3v) is 7.48. The summed E-state index contributed by atoms with van der Waals surface area (Å²) in [7, 11) is 0. The molecule has 0 amide bonds. The first-order chi connectivity index (χ1) is 14.2. The lowest BCUT2D eigenvalue weighted by Crippen LogP contribution is -2.34. The summed E-state index contributed by atoms with van der Waals surface area (Å²) >= 11 is -1.13. The molecule has 3 aromatic rings. The average molecular weight is 427 g/mol. The van der Waals surface area contributed by atoms with E-state index in [-0.39, 0.29) is 12.4 Å². The lowest BCUT2D eigenvalue weighted by molar-refractivity contribution is -0.137. The van der Waals surface area contributed by atoms with Crippen LogP contribution < -0.4 is 0 Å². The van der Waals surface area contributed by atoms with Crippen LogP contribution in [0.25, 0.3) is 10.9 Å². The number of aliphatic carboxylic acids is 1. The fourth-order valence-corrected chi connectivity index (χ4v) is 5.88. The maximum Gasteiger partial charge on any atom is 0.323 e. The molecule has 0 radical (unpaired) electrons. The maximum absolute atomic E-state index is 14.0. The van der Waals surface area contributed by atoms with Crippen LogP contribution in [0, 0.1) is 12.7 Å². The van der Waals surface area contributed by atoms with Crippen LogP contribution in [0.5, 0.6) is 0 Å². The minimum atomic E-state index is -1.13. The van der Waals surface area contributed by atoms with Crippen molar-refractivity contribution < 1.29 is 23.6 Å². The van der Waals surface area contributed by atoms with Gasteiger partial charge in [-0.2, -0.15) is 0 Å². The van der Waals surface area contributed by atoms with Crippen molar-refractivity contribution in [2.75, 3.05) is 5.75 Å². The van der Waals surface area contributed by atoms with Gasteiger partial charge in [0.2, 0.25) is 0 Å². The highest BCUT2D eigenvalue weighted by Crippen LogP contribution is 2.38. The van der Waals surface area contributed by atoms with Crippen molar-refractivity contribution in [1.82, 2.24) is 4.57 Å². The van der Waals surface area contributed by atoms with Gasteiger partial charge in [0.05, 0.1) is 5.41 Å². The Balaban J connectivity index is 1.83. The van der Waals surface area contributed by atoms with Gasteiger partial charge in [-0.15, -0.1) is 0 Å². The van der Waals surface area contributed by atoms with Crippen LogP contribution in [0.2, 0.25) is 0 Å². The van der Waals surface area contributed by atoms with Crippen LogP contribution in [0.3, 0.4) is 0 Å². The highest BCUT2D eigenvalue weighted by Gasteiger charge is 2.38. The molecule has 1 aliphatic rings. The number of carboxylic acid groups (broad SMARTS) is 1. The molecule has 7 heteroatoms. The largest absolute Gasteiger partial charge is 0.611 e. The number of halogens is 1. The van der Waals surface area contributed by atoms with Gasteiger partial charge in [-0.25, -0.2) is 4.39 Å². The molecule has 0 saturated carbocycles. The van der Waals surface area contributed by atoms with Gasteiger partial charge in [-0.1, -0.05) is 6.07 Å². The number of carbonyl (C=O) groups is 2. The normalized spacial score (nSPS) is 20.9. The van der Waals surface area contributed by atoms with E-state index in [4.69, 9.17) is 0 Å². The second-order valence-corrected chi connectivity index (χ2v) is 9.59. The predicted octanol–water partition coefficient (Wildman–Crippen LogP) is 3.73. The number of hydrogen-bond donors (Lipinski definition) is 1. The first-order valence-electron chi connectivity index (χ1n) is 9.70. The molecule has 156 valence electrons. The number of hydrogen-bond acceptors (Lipinski definition) is 3. The summed E-state index contributed by atoms with van der Waals surface area (Å²) in [4.78, 5) is 23.8. The molecule has 4 rings (SSSR count). The van der Waals surface area contributed by atoms with E-state index in [0.29, 0.717) is 34.4 Å². The number of rotatable bonds is 5. The monoisotopic (exact) mass is 427 g/mol. The minimum Gasteiger partial charge on any atom is -0.611 e. The first-order valence-corrected chi connectivity index (χ1v) is 11.0. The fourth-order valence-electron chi connectivity index (χ4n) is 4.29. The molecule has 2 atom stereocenters. The third kappa shape index (κ3) is 3.42. The molecule has 2 aromatic carbocycles. The lowest BCUT2D eigenvalue weighted by atomic mass is 9.80. The van der Waals surface area contributed by atoms with Crippen molar-refractivity contribution in [2.45, 2.75) is 43.5 Å². The Morgan fingerprint density at radius 3 is 2.80 bits per heavy atom. The molecule has 5 nitrogen and oxygen atoms in total. The number of nitrogens with zero attached hydrogens (tertiary/aromatic N) is 1. The van der Waals surface area contributed by atoms with Gasteiger partial charge >= 0.3 is 5.97 Å². The Kier molecular flexibility index (Phi) is 5.20. The van der Waals surface area contributed by atoms with E-state index in [0.717, 1.165) is 28.7 Å². The van der Waals surface area contributed by atoms with E-state index in [9.17, 15) is 23.6 Å². The summed E-state index contributed by atoms with van der Waals surface area (Å²) in [5.41, 5.74) is 3.27. The van der Waals surface area contributed by atoms with E-state index in [1.165, 1.54) is 12.1 Å². The summed E-state index contributed by atoms with van der Waals surface area (Å²) in [5.74, 6) is -0.891. The average Bonchev–Trinajstić information content (AvgIpc) is 2.96. The number of carboxylic acids is 1. The summed E-state index contributed by atoms with van der Waals surface area (Å²) in [6.45, 7) is 3.48. The predicted molar refractivity (Wildman–Crippen MR) is 113 cm³/mol. The highest BCUT2D eigenvalue weighted by molar-refractivity contribution is 7.91. The van der Waals surface area contributed by atoms with Gasteiger partial charge < -0.3 is 19.0 Å². The Labute approximate surface area is 176 Å². The molecule has 0 bridgehead atoms. The van der Waals surface area contributed by atoms with Crippen molar-refractivity contribution in [3.63, 3.8) is 0 Å². The SMILES string of the molecule is Cc1c(Cc2ccc3c(c2)C(C)(C=O)CC[S+]3[O-])c2cc(F)ccc2n1CC(=O)O. The van der Waals surface area contributed by atoms with E-state index in [2.05, 4.69) is 0 Å². The molecule has 1 aromatic heterocycles. The van der Waals surface area contributed by atoms with Crippen molar-refractivity contribution in [3.8, 4) is 0 Å². The number of fused-ring (bicyclic) bond motifs is 2. The van der Waals surface area contributed by atoms with Crippen LogP contribution in [0.15, 0.2) is 41.3 Å². The van der Waals surface area contributed by atoms with Crippen LogP contribution in [-0.4, -0.2) is 32.2 Å². The fraction of sp³-hybridized carbons (Fsp3) is 0.304. The molecule has 0 saturated heterocycles. The van der Waals surface area contributed by atoms with E-state index in [1.807, 2.05) is 32.0 Å². The zero-order valence-electron chi connectivity index (χ0n) is 16.8. The molecule has 1 N–H and O–H groups in total. The Hall–Kier alpha value is -2.64. The molecule has 0 fully saturated rings. The molecule has 2 heterocycles. The smallest absolute Gasteiger partial charge is 0.323 e. The van der Waals surface area contributed by atoms with Gasteiger partial charge in [0.25, 0.3) is 0 Å². The number of aldehydes is 1. The number of aromatic nitrogens is 1. The zero-order chi connectivity index (χ0) is 21.6. The molecule has 2 unspecified atom stereocenters. The van der Waals surface area contributed by atoms with Gasteiger partial charge in [0.15, 0.2) is 4.90 Å². The van der Waals surface area contributed by atoms with Crippen molar-refractivity contribution in [1.29, 1.82) is 0 Å². The standard InChI is InChI=1S/C23H22FNO4S/c1-14-17(18-11-16(24)4-5-20(18)25(14)12-22(27)28)9-15-3-6-21-19(10-15)23(2,13-26)7-8-30(21)29/h3-6,10-11,13H,7-9,12H2,1-2H3,(H,27,28). The second-order valence-electron chi connectivity index (χ2n) is 8.05. The summed E-state index contributed by atoms with van der Waals surface area (Å²) < 4.78 is 28.1. The van der Waals surface area contributed by atoms with Crippen LogP contribution in [0.1, 0.15) is 35.7 Å². The molecule has 30 heavy (non-hydrogen) atoms. The van der Waals surface area contributed by atoms with Crippen molar-refractivity contribution in [2.24, 2.45) is 0 Å². The minimum absolute atomic E-state index is 0.208. The molecular weight excluding hydrogens is 405 g/mol. The molecule has 0 spiro atoms. The molecule has 0 aliphatic carbocycles. The Morgan fingerprint density at radius 2 is 2.10 bits per heavy atom. The van der Waals surface area contributed by atoms with E-state index < -0.39 is 22.6 Å². The highest BCUT2D eigenvalue weighted by atomic mass is 32.2. The molecule has 1 aliphatic heterocycles. The van der Waals surface area contributed by atoms with Gasteiger partial charge in [0.1, 0.15) is 24.4 Å². The summed E-state index contributed by atoms with van der Waals surface area (Å²) in [5, 5.41) is 9.96. The second kappa shape index (κ2) is 7.56. The molecular formula is C23H22FNO4S. The van der Waals surface area contributed by atoms with E-state index >= 15 is 0 Å². The lowest BCUT2D eigenvalue weighted by Gasteiger charge is -2.31. The topological polar surface area (TPSA) is 82.4 Å². The van der Waals surface area contributed by atoms with Crippen molar-refractivity contribution in [3.05, 3.63) is 64.6 Å². The maximum atomic E-state index is 14.0. The zero-order valence-corrected chi connectivity index (χ0v) is 17.6. The quantitative estimate of drug-likeness (QED) is 0.497. The van der Waals surface area contributed by atoms with Gasteiger partial charge in [0, 0.05) is 28.6 Å². The van der Waals surface area contributed by atoms with Gasteiger partial charge in [-0.3, -0.25) is 4.79 Å². The van der Waals surface area contributed by atoms with Crippen molar-refractivity contribution >= 4 is 34.3 Å². The van der Waals surface area contributed by atoms with E-state index in [1.54, 1.807) is 10.6 Å². The van der Waals surface area contributed by atoms with Crippen LogP contribution >= 0.6 is 0 Å². The Morgan fingerprint density at radius 1 is 1.33 bits per heavy atom. The number of carbonyl (C=O) groups excluding carboxylic acids is 1. The summed E-state index contributed by atoms with van der Waals surface area (Å²) in [6, 6.07) is 9.97. The number of benzene rings is 2. The van der Waals surface area contributed by atoms with Crippen LogP contribution in [-0.2, 0) is 39.1 Å². The third-order valence-electron chi connectivity index (χ3n) is 6.06. The first kappa shape index (κ1) is 20.6.